The lowest BCUT2D eigenvalue weighted by Crippen LogP contribution is -2.41. The molecular weight excluding hydrogens is 488 g/mol. The van der Waals surface area contributed by atoms with Crippen LogP contribution in [0.3, 0.4) is 0 Å². The van der Waals surface area contributed by atoms with Gasteiger partial charge in [0.15, 0.2) is 11.6 Å². The number of nitrogens with one attached hydrogen (secondary N) is 1. The van der Waals surface area contributed by atoms with Gasteiger partial charge in [-0.25, -0.2) is 9.97 Å². The highest BCUT2D eigenvalue weighted by Gasteiger charge is 2.31. The summed E-state index contributed by atoms with van der Waals surface area (Å²) < 4.78 is 8.30. The average molecular weight is 523 g/mol. The first-order chi connectivity index (χ1) is 17.8. The minimum atomic E-state index is -0.617. The van der Waals surface area contributed by atoms with Crippen molar-refractivity contribution in [1.82, 2.24) is 24.4 Å². The van der Waals surface area contributed by atoms with E-state index in [4.69, 9.17) is 14.7 Å². The first kappa shape index (κ1) is 24.5. The van der Waals surface area contributed by atoms with Crippen LogP contribution in [0, 0.1) is 5.92 Å². The third-order valence-corrected chi connectivity index (χ3v) is 8.92. The summed E-state index contributed by atoms with van der Waals surface area (Å²) in [7, 11) is 1.76. The van der Waals surface area contributed by atoms with Crippen molar-refractivity contribution in [3.8, 4) is 11.4 Å². The molecule has 0 spiro atoms. The minimum Gasteiger partial charge on any atom is -0.390 e. The maximum atomic E-state index is 12.6. The molecule has 0 aromatic carbocycles. The number of hydrogen-bond donors (Lipinski definition) is 2. The van der Waals surface area contributed by atoms with E-state index in [0.717, 1.165) is 72.5 Å². The van der Waals surface area contributed by atoms with Crippen molar-refractivity contribution in [3.63, 3.8) is 0 Å². The van der Waals surface area contributed by atoms with Crippen molar-refractivity contribution in [2.45, 2.75) is 38.8 Å². The average Bonchev–Trinajstić information content (AvgIpc) is 3.53. The van der Waals surface area contributed by atoms with E-state index in [2.05, 4.69) is 20.9 Å². The predicted octanol–water partition coefficient (Wildman–Crippen LogP) is 3.36. The summed E-state index contributed by atoms with van der Waals surface area (Å²) in [6, 6.07) is 4.12. The van der Waals surface area contributed by atoms with Gasteiger partial charge in [0.25, 0.3) is 5.56 Å². The number of likely N-dealkylation sites (tertiary alicyclic amines) is 1. The summed E-state index contributed by atoms with van der Waals surface area (Å²) in [5.74, 6) is 1.92. The summed E-state index contributed by atoms with van der Waals surface area (Å²) >= 11 is 1.77. The van der Waals surface area contributed by atoms with E-state index in [1.807, 2.05) is 26.1 Å². The second-order valence-electron chi connectivity index (χ2n) is 10.8. The lowest BCUT2D eigenvalue weighted by atomic mass is 9.83. The van der Waals surface area contributed by atoms with Crippen LogP contribution in [0.2, 0.25) is 0 Å². The van der Waals surface area contributed by atoms with E-state index >= 15 is 0 Å². The molecule has 0 bridgehead atoms. The molecule has 2 aliphatic rings. The zero-order valence-corrected chi connectivity index (χ0v) is 22.5. The van der Waals surface area contributed by atoms with Crippen molar-refractivity contribution in [1.29, 1.82) is 0 Å². The van der Waals surface area contributed by atoms with Gasteiger partial charge in [0, 0.05) is 54.9 Å². The Hall–Kier alpha value is -2.79. The van der Waals surface area contributed by atoms with Crippen molar-refractivity contribution < 1.29 is 9.84 Å². The molecule has 2 N–H and O–H groups in total. The molecule has 0 aliphatic carbocycles. The lowest BCUT2D eigenvalue weighted by Gasteiger charge is -2.37. The van der Waals surface area contributed by atoms with Crippen LogP contribution in [0.1, 0.15) is 31.6 Å². The number of aryl methyl sites for hydroxylation is 1. The number of rotatable bonds is 5. The Balaban J connectivity index is 1.38. The molecule has 4 aromatic rings. The second-order valence-corrected chi connectivity index (χ2v) is 12.0. The quantitative estimate of drug-likeness (QED) is 0.415. The van der Waals surface area contributed by atoms with Crippen molar-refractivity contribution in [3.05, 3.63) is 39.8 Å². The normalized spacial score (nSPS) is 18.3. The fraction of sp³-hybridized carbons (Fsp3) is 0.519. The molecule has 6 rings (SSSR count). The van der Waals surface area contributed by atoms with Gasteiger partial charge in [-0.15, -0.1) is 11.3 Å². The number of H-pyrrole nitrogens is 1. The van der Waals surface area contributed by atoms with E-state index in [1.54, 1.807) is 29.1 Å². The minimum absolute atomic E-state index is 0.0654. The molecule has 0 saturated carbocycles. The third kappa shape index (κ3) is 4.67. The molecular formula is C27H34N6O3S. The molecule has 2 fully saturated rings. The van der Waals surface area contributed by atoms with E-state index in [1.165, 1.54) is 4.88 Å². The Labute approximate surface area is 219 Å². The number of piperidine rings is 1. The number of thiophene rings is 1. The maximum Gasteiger partial charge on any atom is 0.274 e. The maximum absolute atomic E-state index is 12.6. The molecule has 6 heterocycles. The molecule has 2 saturated heterocycles. The Kier molecular flexibility index (Phi) is 6.30. The number of aromatic nitrogens is 4. The fourth-order valence-corrected chi connectivity index (χ4v) is 6.77. The van der Waals surface area contributed by atoms with Crippen LogP contribution in [0.25, 0.3) is 32.5 Å². The van der Waals surface area contributed by atoms with Crippen LogP contribution in [0.15, 0.2) is 29.3 Å². The van der Waals surface area contributed by atoms with Crippen molar-refractivity contribution >= 4 is 38.3 Å². The highest BCUT2D eigenvalue weighted by Crippen LogP contribution is 2.37. The smallest absolute Gasteiger partial charge is 0.274 e. The number of fused-ring (bicyclic) bond motifs is 2. The third-order valence-electron chi connectivity index (χ3n) is 7.82. The number of nitrogens with zero attached hydrogens (tertiary/aromatic N) is 5. The van der Waals surface area contributed by atoms with Crippen LogP contribution in [0.4, 0.5) is 5.82 Å². The number of ether oxygens (including phenoxy) is 1. The van der Waals surface area contributed by atoms with Crippen molar-refractivity contribution in [2.24, 2.45) is 13.0 Å². The van der Waals surface area contributed by atoms with Gasteiger partial charge in [-0.3, -0.25) is 9.69 Å². The molecule has 9 nitrogen and oxygen atoms in total. The van der Waals surface area contributed by atoms with E-state index < -0.39 is 5.60 Å². The number of anilines is 1. The zero-order valence-electron chi connectivity index (χ0n) is 21.7. The molecule has 0 radical (unpaired) electrons. The van der Waals surface area contributed by atoms with E-state index in [0.29, 0.717) is 30.5 Å². The molecule has 10 heteroatoms. The zero-order chi connectivity index (χ0) is 25.7. The van der Waals surface area contributed by atoms with Crippen LogP contribution >= 0.6 is 11.3 Å². The van der Waals surface area contributed by atoms with Gasteiger partial charge in [-0.05, 0) is 57.8 Å². The van der Waals surface area contributed by atoms with Gasteiger partial charge in [0.1, 0.15) is 5.52 Å². The summed E-state index contributed by atoms with van der Waals surface area (Å²) in [5, 5.41) is 11.2. The standard InChI is InChI=1S/C27H34N6O3S/c1-27(2,35)17-5-8-32(9-6-17)15-18-14-21-23(37-18)25(33-10-12-36-13-11-33)30-24(29-21)20-16-31(3)26(34)22-19(20)4-7-28-22/h4,7,14,16-17,28,35H,5-6,8-13,15H2,1-3H3. The summed E-state index contributed by atoms with van der Waals surface area (Å²) in [5.41, 5.74) is 1.67. The molecule has 2 aliphatic heterocycles. The fourth-order valence-electron chi connectivity index (χ4n) is 5.62. The van der Waals surface area contributed by atoms with Crippen molar-refractivity contribution in [2.75, 3.05) is 44.3 Å². The molecule has 196 valence electrons. The Morgan fingerprint density at radius 1 is 1.19 bits per heavy atom. The van der Waals surface area contributed by atoms with Crippen LogP contribution < -0.4 is 10.5 Å². The van der Waals surface area contributed by atoms with Crippen LogP contribution in [-0.4, -0.2) is 74.5 Å². The number of morpholine rings is 1. The number of aliphatic hydroxyl groups is 1. The highest BCUT2D eigenvalue weighted by atomic mass is 32.1. The van der Waals surface area contributed by atoms with Crippen LogP contribution in [0.5, 0.6) is 0 Å². The Morgan fingerprint density at radius 2 is 1.95 bits per heavy atom. The second kappa shape index (κ2) is 9.50. The van der Waals surface area contributed by atoms with Gasteiger partial charge in [0.2, 0.25) is 0 Å². The van der Waals surface area contributed by atoms with Gasteiger partial charge in [-0.1, -0.05) is 0 Å². The van der Waals surface area contributed by atoms with E-state index in [-0.39, 0.29) is 5.56 Å². The number of hydrogen-bond acceptors (Lipinski definition) is 8. The van der Waals surface area contributed by atoms with E-state index in [9.17, 15) is 9.90 Å². The topological polar surface area (TPSA) is 99.5 Å². The highest BCUT2D eigenvalue weighted by molar-refractivity contribution is 7.19. The van der Waals surface area contributed by atoms with Gasteiger partial charge >= 0.3 is 0 Å². The van der Waals surface area contributed by atoms with Gasteiger partial charge < -0.3 is 24.3 Å². The Bertz CT molecular complexity index is 1490. The Morgan fingerprint density at radius 3 is 2.68 bits per heavy atom. The SMILES string of the molecule is Cn1cc(-c2nc(N3CCOCC3)c3sc(CN4CCC(C(C)(C)O)CC4)cc3n2)c2cc[nH]c2c1=O. The first-order valence-electron chi connectivity index (χ1n) is 13.0. The van der Waals surface area contributed by atoms with Gasteiger partial charge in [-0.2, -0.15) is 0 Å². The predicted molar refractivity (Wildman–Crippen MR) is 147 cm³/mol. The number of aromatic amines is 1. The lowest BCUT2D eigenvalue weighted by molar-refractivity contribution is -0.0134. The molecule has 0 amide bonds. The monoisotopic (exact) mass is 522 g/mol. The molecule has 0 unspecified atom stereocenters. The summed E-state index contributed by atoms with van der Waals surface area (Å²) in [4.78, 5) is 31.9. The largest absolute Gasteiger partial charge is 0.390 e. The molecule has 0 atom stereocenters. The molecule has 4 aromatic heterocycles. The molecule has 37 heavy (non-hydrogen) atoms. The summed E-state index contributed by atoms with van der Waals surface area (Å²) in [6.07, 6.45) is 5.65. The summed E-state index contributed by atoms with van der Waals surface area (Å²) in [6.45, 7) is 9.63. The first-order valence-corrected chi connectivity index (χ1v) is 13.8. The number of pyridine rings is 1. The van der Waals surface area contributed by atoms with Gasteiger partial charge in [0.05, 0.1) is 29.0 Å². The van der Waals surface area contributed by atoms with Crippen LogP contribution in [-0.2, 0) is 18.3 Å².